The molecule has 0 radical (unpaired) electrons. The first-order valence-electron chi connectivity index (χ1n) is 3.27. The fourth-order valence-corrected chi connectivity index (χ4v) is 0.632. The second-order valence-corrected chi connectivity index (χ2v) is 2.16. The van der Waals surface area contributed by atoms with E-state index in [1.54, 1.807) is 13.8 Å². The predicted molar refractivity (Wildman–Crippen MR) is 48.9 cm³/mol. The zero-order valence-electron chi connectivity index (χ0n) is 6.46. The Morgan fingerprint density at radius 2 is 1.42 bits per heavy atom. The van der Waals surface area contributed by atoms with Crippen molar-refractivity contribution in [2.75, 3.05) is 0 Å². The van der Waals surface area contributed by atoms with Crippen LogP contribution in [0.5, 0.6) is 0 Å². The summed E-state index contributed by atoms with van der Waals surface area (Å²) in [7, 11) is 0. The first-order chi connectivity index (χ1) is 5.20. The first kappa shape index (κ1) is 15.0. The predicted octanol–water partition coefficient (Wildman–Crippen LogP) is 0.540. The van der Waals surface area contributed by atoms with Gasteiger partial charge in [-0.3, -0.25) is 9.59 Å². The Labute approximate surface area is 106 Å². The molecule has 0 fully saturated rings. The minimum absolute atomic E-state index is 0. The van der Waals surface area contributed by atoms with Crippen molar-refractivity contribution in [1.29, 1.82) is 0 Å². The summed E-state index contributed by atoms with van der Waals surface area (Å²) >= 11 is 0.420. The molecule has 0 aliphatic heterocycles. The van der Waals surface area contributed by atoms with E-state index in [0.29, 0.717) is 12.3 Å². The number of rotatable bonds is 4. The van der Waals surface area contributed by atoms with Crippen molar-refractivity contribution < 1.29 is 18.0 Å². The molecule has 68 valence electrons. The second-order valence-electron chi connectivity index (χ2n) is 1.69. The molecule has 0 N–H and O–H groups in total. The fourth-order valence-electron chi connectivity index (χ4n) is 0.211. The van der Waals surface area contributed by atoms with E-state index in [1.807, 2.05) is 0 Å². The molecule has 0 heterocycles. The van der Waals surface area contributed by atoms with Gasteiger partial charge in [0.05, 0.1) is 0 Å². The van der Waals surface area contributed by atoms with Crippen LogP contribution in [0.15, 0.2) is 0 Å². The van der Waals surface area contributed by atoms with Crippen LogP contribution in [0.2, 0.25) is 0 Å². The third-order valence-corrected chi connectivity index (χ3v) is 1.34. The number of carbonyl (C=O) groups is 2. The van der Waals surface area contributed by atoms with Crippen LogP contribution in [0, 0.1) is 0 Å². The van der Waals surface area contributed by atoms with E-state index in [9.17, 15) is 9.59 Å². The third-order valence-electron chi connectivity index (χ3n) is 0.831. The molecule has 0 aromatic heterocycles. The van der Waals surface area contributed by atoms with Gasteiger partial charge in [-0.15, -0.1) is 0 Å². The Kier molecular flexibility index (Phi) is 12.1. The van der Waals surface area contributed by atoms with E-state index in [1.165, 1.54) is 0 Å². The van der Waals surface area contributed by atoms with Crippen LogP contribution in [0.4, 0.5) is 0 Å². The molecule has 0 amide bonds. The van der Waals surface area contributed by atoms with Gasteiger partial charge < -0.3 is 8.37 Å². The normalized spacial score (nSPS) is 8.17. The topological polar surface area (TPSA) is 52.6 Å². The van der Waals surface area contributed by atoms with Gasteiger partial charge in [-0.05, 0) is 0 Å². The molecule has 0 aliphatic rings. The van der Waals surface area contributed by atoms with Crippen molar-refractivity contribution in [3.05, 3.63) is 0 Å². The summed E-state index contributed by atoms with van der Waals surface area (Å²) in [5, 5.41) is 0. The Bertz CT molecular complexity index is 134. The number of carbonyl (C=O) groups excluding carboxylic acids is 2. The van der Waals surface area contributed by atoms with Gasteiger partial charge in [0.1, 0.15) is 0 Å². The first-order valence-corrected chi connectivity index (χ1v) is 3.94. The van der Waals surface area contributed by atoms with E-state index >= 15 is 0 Å². The fraction of sp³-hybridized carbons (Fsp3) is 0.667. The summed E-state index contributed by atoms with van der Waals surface area (Å²) in [4.78, 5) is 20.9. The van der Waals surface area contributed by atoms with Crippen molar-refractivity contribution in [2.24, 2.45) is 0 Å². The standard InChI is InChI=1S/C6H10O4S.Ca.2H/c1-3-5(7)9-11-10-6(8)4-2;;;/h3-4H2,1-2H3;;;. The zero-order valence-corrected chi connectivity index (χ0v) is 7.27. The molecule has 0 saturated heterocycles. The minimum atomic E-state index is -0.404. The van der Waals surface area contributed by atoms with Crippen molar-refractivity contribution in [3.63, 3.8) is 0 Å². The molecule has 0 saturated carbocycles. The summed E-state index contributed by atoms with van der Waals surface area (Å²) in [5.74, 6) is -0.808. The van der Waals surface area contributed by atoms with Gasteiger partial charge in [0.25, 0.3) is 12.3 Å². The van der Waals surface area contributed by atoms with Crippen LogP contribution >= 0.6 is 12.3 Å². The van der Waals surface area contributed by atoms with Gasteiger partial charge in [0, 0.05) is 12.8 Å². The molecule has 0 unspecified atom stereocenters. The Morgan fingerprint density at radius 3 is 1.67 bits per heavy atom. The SMILES string of the molecule is CCC(=O)OSOC(=O)CC.[CaH2]. The number of hydrogen-bond donors (Lipinski definition) is 0. The molecule has 0 bridgehead atoms. The Hall–Kier alpha value is 0.550. The molecule has 4 nitrogen and oxygen atoms in total. The van der Waals surface area contributed by atoms with Crippen molar-refractivity contribution in [1.82, 2.24) is 0 Å². The van der Waals surface area contributed by atoms with Gasteiger partial charge in [-0.2, -0.15) is 0 Å². The van der Waals surface area contributed by atoms with Gasteiger partial charge in [-0.1, -0.05) is 13.8 Å². The molecule has 0 aromatic rings. The molecule has 0 rings (SSSR count). The van der Waals surface area contributed by atoms with E-state index in [4.69, 9.17) is 0 Å². The molecule has 6 heteroatoms. The van der Waals surface area contributed by atoms with E-state index in [-0.39, 0.29) is 50.6 Å². The van der Waals surface area contributed by atoms with Gasteiger partial charge in [-0.25, -0.2) is 0 Å². The molecular formula is C6H12CaO4S. The second kappa shape index (κ2) is 9.64. The van der Waals surface area contributed by atoms with Crippen LogP contribution in [0.3, 0.4) is 0 Å². The summed E-state index contributed by atoms with van der Waals surface area (Å²) in [6.45, 7) is 3.31. The quantitative estimate of drug-likeness (QED) is 0.511. The summed E-state index contributed by atoms with van der Waals surface area (Å²) < 4.78 is 8.80. The average molecular weight is 220 g/mol. The van der Waals surface area contributed by atoms with Crippen molar-refractivity contribution in [3.8, 4) is 0 Å². The van der Waals surface area contributed by atoms with Crippen LogP contribution in [-0.4, -0.2) is 49.7 Å². The molecule has 0 atom stereocenters. The van der Waals surface area contributed by atoms with Gasteiger partial charge >= 0.3 is 49.7 Å². The van der Waals surface area contributed by atoms with Crippen LogP contribution in [0.1, 0.15) is 26.7 Å². The monoisotopic (exact) mass is 220 g/mol. The summed E-state index contributed by atoms with van der Waals surface area (Å²) in [6.07, 6.45) is 0.549. The van der Waals surface area contributed by atoms with E-state index < -0.39 is 11.9 Å². The average Bonchev–Trinajstić information content (AvgIpc) is 2.04. The Balaban J connectivity index is 0. The molecule has 0 aromatic carbocycles. The van der Waals surface area contributed by atoms with Gasteiger partial charge in [0.15, 0.2) is 0 Å². The van der Waals surface area contributed by atoms with Crippen LogP contribution < -0.4 is 0 Å². The maximum absolute atomic E-state index is 10.4. The summed E-state index contributed by atoms with van der Waals surface area (Å²) in [6, 6.07) is 0. The van der Waals surface area contributed by atoms with Crippen molar-refractivity contribution >= 4 is 62.0 Å². The van der Waals surface area contributed by atoms with Gasteiger partial charge in [0.2, 0.25) is 0 Å². The number of hydrogen-bond acceptors (Lipinski definition) is 5. The third kappa shape index (κ3) is 8.64. The molecule has 0 spiro atoms. The van der Waals surface area contributed by atoms with Crippen LogP contribution in [0.25, 0.3) is 0 Å². The van der Waals surface area contributed by atoms with Crippen LogP contribution in [-0.2, 0) is 18.0 Å². The molecule has 0 aliphatic carbocycles. The summed E-state index contributed by atoms with van der Waals surface area (Å²) in [5.41, 5.74) is 0. The molecular weight excluding hydrogens is 208 g/mol. The van der Waals surface area contributed by atoms with E-state index in [0.717, 1.165) is 0 Å². The molecule has 12 heavy (non-hydrogen) atoms. The maximum atomic E-state index is 10.4. The van der Waals surface area contributed by atoms with E-state index in [2.05, 4.69) is 8.37 Å². The zero-order chi connectivity index (χ0) is 8.69. The van der Waals surface area contributed by atoms with Crippen molar-refractivity contribution in [2.45, 2.75) is 26.7 Å². The Morgan fingerprint density at radius 1 is 1.08 bits per heavy atom.